The van der Waals surface area contributed by atoms with Gasteiger partial charge < -0.3 is 9.30 Å². The molecule has 2 heterocycles. The van der Waals surface area contributed by atoms with E-state index in [2.05, 4.69) is 11.6 Å². The molecule has 0 aliphatic carbocycles. The SMILES string of the molecule is C=CCn1c(=NC(=O)C2c3ccccc3Oc3ccccc32)sc2cc(F)ccc21. The van der Waals surface area contributed by atoms with Crippen molar-refractivity contribution in [2.24, 2.45) is 4.99 Å². The van der Waals surface area contributed by atoms with Gasteiger partial charge in [0.05, 0.1) is 16.1 Å². The van der Waals surface area contributed by atoms with E-state index in [1.165, 1.54) is 23.5 Å². The molecule has 0 saturated carbocycles. The van der Waals surface area contributed by atoms with E-state index in [1.807, 2.05) is 53.1 Å². The zero-order valence-electron chi connectivity index (χ0n) is 15.9. The number of rotatable bonds is 3. The highest BCUT2D eigenvalue weighted by Gasteiger charge is 2.32. The predicted molar refractivity (Wildman–Crippen MR) is 115 cm³/mol. The summed E-state index contributed by atoms with van der Waals surface area (Å²) in [5.41, 5.74) is 2.39. The van der Waals surface area contributed by atoms with E-state index < -0.39 is 5.92 Å². The molecule has 3 aromatic carbocycles. The molecule has 1 aromatic heterocycles. The van der Waals surface area contributed by atoms with Gasteiger partial charge in [-0.1, -0.05) is 53.8 Å². The number of aromatic nitrogens is 1. The Kier molecular flexibility index (Phi) is 4.56. The van der Waals surface area contributed by atoms with Crippen LogP contribution in [0, 0.1) is 5.82 Å². The Morgan fingerprint density at radius 3 is 2.43 bits per heavy atom. The molecular weight excluding hydrogens is 399 g/mol. The van der Waals surface area contributed by atoms with Gasteiger partial charge in [0.2, 0.25) is 0 Å². The van der Waals surface area contributed by atoms with Crippen LogP contribution in [-0.4, -0.2) is 10.5 Å². The van der Waals surface area contributed by atoms with Crippen LogP contribution >= 0.6 is 11.3 Å². The summed E-state index contributed by atoms with van der Waals surface area (Å²) in [4.78, 5) is 18.5. The lowest BCUT2D eigenvalue weighted by Crippen LogP contribution is -2.22. The number of ether oxygens (including phenoxy) is 1. The summed E-state index contributed by atoms with van der Waals surface area (Å²) in [5.74, 6) is 0.136. The van der Waals surface area contributed by atoms with Crippen molar-refractivity contribution in [2.45, 2.75) is 12.5 Å². The van der Waals surface area contributed by atoms with E-state index in [1.54, 1.807) is 12.1 Å². The Labute approximate surface area is 176 Å². The van der Waals surface area contributed by atoms with Gasteiger partial charge in [-0.25, -0.2) is 4.39 Å². The second-order valence-electron chi connectivity index (χ2n) is 6.96. The largest absolute Gasteiger partial charge is 0.457 e. The highest BCUT2D eigenvalue weighted by atomic mass is 32.1. The van der Waals surface area contributed by atoms with Crippen molar-refractivity contribution < 1.29 is 13.9 Å². The molecule has 148 valence electrons. The first kappa shape index (κ1) is 18.5. The summed E-state index contributed by atoms with van der Waals surface area (Å²) in [6.45, 7) is 4.27. The van der Waals surface area contributed by atoms with E-state index in [0.29, 0.717) is 22.8 Å². The Bertz CT molecular complexity index is 1320. The Morgan fingerprint density at radius 1 is 1.10 bits per heavy atom. The molecule has 1 aliphatic heterocycles. The minimum absolute atomic E-state index is 0.289. The average Bonchev–Trinajstić information content (AvgIpc) is 3.08. The van der Waals surface area contributed by atoms with Crippen molar-refractivity contribution in [3.8, 4) is 11.5 Å². The highest BCUT2D eigenvalue weighted by Crippen LogP contribution is 2.44. The van der Waals surface area contributed by atoms with E-state index in [9.17, 15) is 9.18 Å². The molecule has 0 radical (unpaired) electrons. The molecule has 0 spiro atoms. The third-order valence-electron chi connectivity index (χ3n) is 5.09. The summed E-state index contributed by atoms with van der Waals surface area (Å²) in [6, 6.07) is 19.6. The number of benzene rings is 3. The number of thiazole rings is 1. The summed E-state index contributed by atoms with van der Waals surface area (Å²) >= 11 is 1.29. The number of hydrogen-bond acceptors (Lipinski definition) is 3. The minimum atomic E-state index is -0.565. The lowest BCUT2D eigenvalue weighted by Gasteiger charge is -2.25. The molecule has 1 amide bonds. The lowest BCUT2D eigenvalue weighted by molar-refractivity contribution is -0.118. The van der Waals surface area contributed by atoms with E-state index in [4.69, 9.17) is 4.74 Å². The second kappa shape index (κ2) is 7.39. The van der Waals surface area contributed by atoms with Crippen LogP contribution in [0.3, 0.4) is 0 Å². The zero-order valence-corrected chi connectivity index (χ0v) is 16.7. The topological polar surface area (TPSA) is 43.6 Å². The van der Waals surface area contributed by atoms with Crippen molar-refractivity contribution in [3.63, 3.8) is 0 Å². The second-order valence-corrected chi connectivity index (χ2v) is 7.97. The summed E-state index contributed by atoms with van der Waals surface area (Å²) in [5, 5.41) is 0. The van der Waals surface area contributed by atoms with Crippen molar-refractivity contribution in [1.29, 1.82) is 0 Å². The number of carbonyl (C=O) groups is 1. The summed E-state index contributed by atoms with van der Waals surface area (Å²) < 4.78 is 22.3. The average molecular weight is 416 g/mol. The summed E-state index contributed by atoms with van der Waals surface area (Å²) in [6.07, 6.45) is 1.73. The van der Waals surface area contributed by atoms with Crippen LogP contribution in [-0.2, 0) is 11.3 Å². The molecule has 0 atom stereocenters. The number of fused-ring (bicyclic) bond motifs is 3. The maximum absolute atomic E-state index is 13.7. The van der Waals surface area contributed by atoms with Crippen LogP contribution in [0.2, 0.25) is 0 Å². The fraction of sp³-hybridized carbons (Fsp3) is 0.0833. The lowest BCUT2D eigenvalue weighted by atomic mass is 9.87. The third kappa shape index (κ3) is 3.06. The van der Waals surface area contributed by atoms with Gasteiger partial charge in [0.25, 0.3) is 5.91 Å². The van der Waals surface area contributed by atoms with Gasteiger partial charge in [-0.3, -0.25) is 4.79 Å². The molecule has 30 heavy (non-hydrogen) atoms. The number of carbonyl (C=O) groups excluding carboxylic acids is 1. The van der Waals surface area contributed by atoms with Crippen LogP contribution in [0.1, 0.15) is 17.0 Å². The number of nitrogens with zero attached hydrogens (tertiary/aromatic N) is 2. The van der Waals surface area contributed by atoms with Crippen molar-refractivity contribution >= 4 is 27.5 Å². The number of hydrogen-bond donors (Lipinski definition) is 0. The van der Waals surface area contributed by atoms with Gasteiger partial charge in [-0.05, 0) is 30.3 Å². The maximum Gasteiger partial charge on any atom is 0.260 e. The van der Waals surface area contributed by atoms with Gasteiger partial charge in [0.1, 0.15) is 17.3 Å². The number of allylic oxidation sites excluding steroid dienone is 1. The smallest absolute Gasteiger partial charge is 0.260 e. The van der Waals surface area contributed by atoms with Crippen LogP contribution in [0.15, 0.2) is 84.4 Å². The van der Waals surface area contributed by atoms with Gasteiger partial charge >= 0.3 is 0 Å². The summed E-state index contributed by atoms with van der Waals surface area (Å²) in [7, 11) is 0. The van der Waals surface area contributed by atoms with Crippen molar-refractivity contribution in [2.75, 3.05) is 0 Å². The van der Waals surface area contributed by atoms with E-state index >= 15 is 0 Å². The van der Waals surface area contributed by atoms with Crippen molar-refractivity contribution in [3.05, 3.63) is 101 Å². The maximum atomic E-state index is 13.7. The number of halogens is 1. The molecular formula is C24H17FN2O2S. The first-order valence-electron chi connectivity index (χ1n) is 9.50. The Morgan fingerprint density at radius 2 is 1.77 bits per heavy atom. The standard InChI is InChI=1S/C24H17FN2O2S/c1-2-13-27-18-12-11-15(25)14-21(18)30-24(27)26-23(28)22-16-7-3-5-9-19(16)29-20-10-6-4-8-17(20)22/h2-12,14,22H,1,13H2. The fourth-order valence-corrected chi connectivity index (χ4v) is 4.84. The quantitative estimate of drug-likeness (QED) is 0.420. The van der Waals surface area contributed by atoms with Crippen LogP contribution in [0.5, 0.6) is 11.5 Å². The molecule has 4 aromatic rings. The van der Waals surface area contributed by atoms with Gasteiger partial charge in [0.15, 0.2) is 4.80 Å². The zero-order chi connectivity index (χ0) is 20.7. The van der Waals surface area contributed by atoms with Crippen LogP contribution in [0.4, 0.5) is 4.39 Å². The number of para-hydroxylation sites is 2. The number of amides is 1. The normalized spacial score (nSPS) is 13.6. The van der Waals surface area contributed by atoms with E-state index in [-0.39, 0.29) is 11.7 Å². The molecule has 0 N–H and O–H groups in total. The van der Waals surface area contributed by atoms with Crippen LogP contribution < -0.4 is 9.54 Å². The first-order valence-corrected chi connectivity index (χ1v) is 10.3. The molecule has 5 rings (SSSR count). The highest BCUT2D eigenvalue weighted by molar-refractivity contribution is 7.16. The molecule has 1 aliphatic rings. The van der Waals surface area contributed by atoms with E-state index in [0.717, 1.165) is 21.3 Å². The molecule has 0 bridgehead atoms. The Hall–Kier alpha value is -3.51. The molecule has 4 nitrogen and oxygen atoms in total. The minimum Gasteiger partial charge on any atom is -0.457 e. The first-order chi connectivity index (χ1) is 14.7. The molecule has 0 unspecified atom stereocenters. The van der Waals surface area contributed by atoms with Crippen molar-refractivity contribution in [1.82, 2.24) is 4.57 Å². The Balaban J connectivity index is 1.69. The predicted octanol–water partition coefficient (Wildman–Crippen LogP) is 5.39. The van der Waals surface area contributed by atoms with Gasteiger partial charge in [0, 0.05) is 17.7 Å². The molecule has 6 heteroatoms. The fourth-order valence-electron chi connectivity index (χ4n) is 3.77. The monoisotopic (exact) mass is 416 g/mol. The van der Waals surface area contributed by atoms with Gasteiger partial charge in [-0.15, -0.1) is 6.58 Å². The van der Waals surface area contributed by atoms with Gasteiger partial charge in [-0.2, -0.15) is 4.99 Å². The third-order valence-corrected chi connectivity index (χ3v) is 6.13. The molecule has 0 saturated heterocycles. The molecule has 0 fully saturated rings. The van der Waals surface area contributed by atoms with Crippen LogP contribution in [0.25, 0.3) is 10.2 Å².